The molecule has 0 aliphatic rings. The third-order valence-electron chi connectivity index (χ3n) is 1.84. The second kappa shape index (κ2) is 5.80. The Morgan fingerprint density at radius 3 is 2.50 bits per heavy atom. The zero-order valence-electron chi connectivity index (χ0n) is 7.83. The lowest BCUT2D eigenvalue weighted by Crippen LogP contribution is -1.89. The summed E-state index contributed by atoms with van der Waals surface area (Å²) in [7, 11) is 0. The monoisotopic (exact) mass is 185 g/mol. The number of aliphatic hydroxyl groups excluding tert-OH is 1. The second-order valence-corrected chi connectivity index (χ2v) is 2.89. The van der Waals surface area contributed by atoms with Crippen molar-refractivity contribution in [3.05, 3.63) is 35.4 Å². The van der Waals surface area contributed by atoms with Crippen molar-refractivity contribution in [3.63, 3.8) is 0 Å². The first kappa shape index (κ1) is 10.3. The van der Waals surface area contributed by atoms with E-state index >= 15 is 0 Å². The van der Waals surface area contributed by atoms with Crippen molar-refractivity contribution < 1.29 is 5.11 Å². The first-order valence-corrected chi connectivity index (χ1v) is 4.46. The standard InChI is InChI=1S/C12H11NO/c13-9-1-3-11-5-7-12(8-6-11)4-2-10-14/h5-8,14H,2,4,10H2. The molecular weight excluding hydrogens is 174 g/mol. The van der Waals surface area contributed by atoms with E-state index < -0.39 is 0 Å². The van der Waals surface area contributed by atoms with Gasteiger partial charge in [0.1, 0.15) is 0 Å². The van der Waals surface area contributed by atoms with E-state index in [1.54, 1.807) is 6.07 Å². The van der Waals surface area contributed by atoms with E-state index in [0.29, 0.717) is 0 Å². The van der Waals surface area contributed by atoms with Crippen LogP contribution >= 0.6 is 0 Å². The van der Waals surface area contributed by atoms with Crippen molar-refractivity contribution in [2.45, 2.75) is 12.8 Å². The number of benzene rings is 1. The van der Waals surface area contributed by atoms with Gasteiger partial charge in [-0.05, 0) is 30.5 Å². The molecule has 0 atom stereocenters. The van der Waals surface area contributed by atoms with Crippen LogP contribution in [0.1, 0.15) is 17.5 Å². The predicted octanol–water partition coefficient (Wildman–Crippen LogP) is 1.49. The molecule has 0 amide bonds. The minimum atomic E-state index is 0.218. The van der Waals surface area contributed by atoms with Gasteiger partial charge in [-0.1, -0.05) is 18.1 Å². The Morgan fingerprint density at radius 1 is 1.21 bits per heavy atom. The van der Waals surface area contributed by atoms with Gasteiger partial charge >= 0.3 is 0 Å². The zero-order chi connectivity index (χ0) is 10.2. The van der Waals surface area contributed by atoms with Gasteiger partial charge in [-0.3, -0.25) is 0 Å². The Hall–Kier alpha value is -1.77. The first-order chi connectivity index (χ1) is 6.86. The molecule has 0 aromatic heterocycles. The van der Waals surface area contributed by atoms with Crippen LogP contribution in [0.2, 0.25) is 0 Å². The molecule has 0 radical (unpaired) electrons. The van der Waals surface area contributed by atoms with E-state index in [1.165, 1.54) is 5.56 Å². The van der Waals surface area contributed by atoms with E-state index in [0.717, 1.165) is 18.4 Å². The quantitative estimate of drug-likeness (QED) is 0.725. The SMILES string of the molecule is N#CC#Cc1ccc(CCCO)cc1. The van der Waals surface area contributed by atoms with E-state index in [9.17, 15) is 0 Å². The van der Waals surface area contributed by atoms with Crippen molar-refractivity contribution in [2.75, 3.05) is 6.61 Å². The topological polar surface area (TPSA) is 44.0 Å². The fourth-order valence-electron chi connectivity index (χ4n) is 1.14. The summed E-state index contributed by atoms with van der Waals surface area (Å²) < 4.78 is 0. The summed E-state index contributed by atoms with van der Waals surface area (Å²) in [6, 6.07) is 9.48. The van der Waals surface area contributed by atoms with Gasteiger partial charge in [-0.15, -0.1) is 0 Å². The number of aryl methyl sites for hydroxylation is 1. The first-order valence-electron chi connectivity index (χ1n) is 4.46. The maximum Gasteiger partial charge on any atom is 0.152 e. The van der Waals surface area contributed by atoms with Crippen LogP contribution in [0.3, 0.4) is 0 Å². The number of nitrogens with zero attached hydrogens (tertiary/aromatic N) is 1. The second-order valence-electron chi connectivity index (χ2n) is 2.89. The van der Waals surface area contributed by atoms with E-state index in [-0.39, 0.29) is 6.61 Å². The molecule has 0 aliphatic heterocycles. The lowest BCUT2D eigenvalue weighted by Gasteiger charge is -1.98. The summed E-state index contributed by atoms with van der Waals surface area (Å²) in [4.78, 5) is 0. The van der Waals surface area contributed by atoms with Gasteiger partial charge in [0.15, 0.2) is 6.07 Å². The fraction of sp³-hybridized carbons (Fsp3) is 0.250. The maximum atomic E-state index is 8.64. The molecule has 1 aromatic carbocycles. The minimum absolute atomic E-state index is 0.218. The summed E-state index contributed by atoms with van der Waals surface area (Å²) in [6.45, 7) is 0.218. The van der Waals surface area contributed by atoms with Crippen LogP contribution in [-0.4, -0.2) is 11.7 Å². The molecule has 0 heterocycles. The van der Waals surface area contributed by atoms with Crippen LogP contribution in [0.15, 0.2) is 24.3 Å². The van der Waals surface area contributed by atoms with Crippen LogP contribution < -0.4 is 0 Å². The normalized spacial score (nSPS) is 8.57. The number of hydrogen-bond donors (Lipinski definition) is 1. The molecule has 2 nitrogen and oxygen atoms in total. The highest BCUT2D eigenvalue weighted by Gasteiger charge is 1.92. The zero-order valence-corrected chi connectivity index (χ0v) is 7.83. The predicted molar refractivity (Wildman–Crippen MR) is 54.3 cm³/mol. The molecule has 0 bridgehead atoms. The molecule has 2 heteroatoms. The smallest absolute Gasteiger partial charge is 0.152 e. The maximum absolute atomic E-state index is 8.64. The van der Waals surface area contributed by atoms with Crippen molar-refractivity contribution in [1.82, 2.24) is 0 Å². The average Bonchev–Trinajstić information content (AvgIpc) is 2.25. The Morgan fingerprint density at radius 2 is 1.93 bits per heavy atom. The summed E-state index contributed by atoms with van der Waals surface area (Å²) in [6.07, 6.45) is 1.66. The highest BCUT2D eigenvalue weighted by atomic mass is 16.2. The van der Waals surface area contributed by atoms with Gasteiger partial charge in [0.05, 0.1) is 0 Å². The third kappa shape index (κ3) is 3.31. The Balaban J connectivity index is 2.65. The van der Waals surface area contributed by atoms with E-state index in [2.05, 4.69) is 11.8 Å². The van der Waals surface area contributed by atoms with Gasteiger partial charge in [0.2, 0.25) is 0 Å². The van der Waals surface area contributed by atoms with Crippen molar-refractivity contribution in [1.29, 1.82) is 5.26 Å². The van der Waals surface area contributed by atoms with Crippen LogP contribution in [0.5, 0.6) is 0 Å². The lowest BCUT2D eigenvalue weighted by molar-refractivity contribution is 0.288. The molecule has 0 spiro atoms. The number of rotatable bonds is 3. The average molecular weight is 185 g/mol. The highest BCUT2D eigenvalue weighted by molar-refractivity contribution is 5.39. The Bertz CT molecular complexity index is 376. The van der Waals surface area contributed by atoms with Crippen molar-refractivity contribution in [2.24, 2.45) is 0 Å². The number of hydrogen-bond acceptors (Lipinski definition) is 2. The van der Waals surface area contributed by atoms with Crippen molar-refractivity contribution in [3.8, 4) is 17.9 Å². The third-order valence-corrected chi connectivity index (χ3v) is 1.84. The molecule has 14 heavy (non-hydrogen) atoms. The molecule has 0 aliphatic carbocycles. The molecule has 70 valence electrons. The molecule has 1 aromatic rings. The van der Waals surface area contributed by atoms with Gasteiger partial charge in [0, 0.05) is 18.1 Å². The number of nitriles is 1. The summed E-state index contributed by atoms with van der Waals surface area (Å²) in [5.74, 6) is 5.06. The molecule has 0 unspecified atom stereocenters. The van der Waals surface area contributed by atoms with Gasteiger partial charge in [-0.2, -0.15) is 5.26 Å². The molecule has 0 fully saturated rings. The van der Waals surface area contributed by atoms with Crippen molar-refractivity contribution >= 4 is 0 Å². The molecule has 1 rings (SSSR count). The molecule has 0 saturated carbocycles. The Kier molecular flexibility index (Phi) is 4.27. The van der Waals surface area contributed by atoms with E-state index in [4.69, 9.17) is 10.4 Å². The van der Waals surface area contributed by atoms with Crippen LogP contribution in [0, 0.1) is 23.2 Å². The van der Waals surface area contributed by atoms with Crippen LogP contribution in [0.25, 0.3) is 0 Å². The largest absolute Gasteiger partial charge is 0.396 e. The van der Waals surface area contributed by atoms with Crippen LogP contribution in [0.4, 0.5) is 0 Å². The van der Waals surface area contributed by atoms with Gasteiger partial charge in [0.25, 0.3) is 0 Å². The highest BCUT2D eigenvalue weighted by Crippen LogP contribution is 2.05. The van der Waals surface area contributed by atoms with Crippen LogP contribution in [-0.2, 0) is 6.42 Å². The lowest BCUT2D eigenvalue weighted by atomic mass is 10.1. The van der Waals surface area contributed by atoms with Gasteiger partial charge in [-0.25, -0.2) is 0 Å². The summed E-state index contributed by atoms with van der Waals surface area (Å²) >= 11 is 0. The molecule has 1 N–H and O–H groups in total. The fourth-order valence-corrected chi connectivity index (χ4v) is 1.14. The molecule has 0 saturated heterocycles. The summed E-state index contributed by atoms with van der Waals surface area (Å²) in [5.41, 5.74) is 2.03. The number of aliphatic hydroxyl groups is 1. The molecular formula is C12H11NO. The van der Waals surface area contributed by atoms with E-state index in [1.807, 2.05) is 24.3 Å². The Labute approximate surface area is 83.8 Å². The summed E-state index contributed by atoms with van der Waals surface area (Å²) in [5, 5.41) is 16.9. The van der Waals surface area contributed by atoms with Gasteiger partial charge < -0.3 is 5.11 Å². The minimum Gasteiger partial charge on any atom is -0.396 e.